The molecule has 2 aromatic rings. The lowest BCUT2D eigenvalue weighted by Gasteiger charge is -2.24. The largest absolute Gasteiger partial charge is 0.368 e. The van der Waals surface area contributed by atoms with Gasteiger partial charge in [0.1, 0.15) is 0 Å². The van der Waals surface area contributed by atoms with E-state index in [9.17, 15) is 9.59 Å². The first-order valence-corrected chi connectivity index (χ1v) is 12.0. The highest BCUT2D eigenvalue weighted by Gasteiger charge is 2.45. The van der Waals surface area contributed by atoms with Gasteiger partial charge in [0.2, 0.25) is 11.8 Å². The number of carbonyl (C=O) groups excluding carboxylic acids is 2. The van der Waals surface area contributed by atoms with Crippen molar-refractivity contribution < 1.29 is 9.59 Å². The SMILES string of the molecule is CC(C)C[C@@H](/C=C/C(=O)N1[C@@H]2CC[C@H]1c1ccccc12)N[C@@H](Cc1cccs1)C(N)=O. The van der Waals surface area contributed by atoms with Crippen molar-refractivity contribution in [2.75, 3.05) is 0 Å². The van der Waals surface area contributed by atoms with Crippen molar-refractivity contribution in [3.8, 4) is 0 Å². The zero-order chi connectivity index (χ0) is 22.0. The van der Waals surface area contributed by atoms with E-state index in [0.29, 0.717) is 12.3 Å². The number of benzene rings is 1. The van der Waals surface area contributed by atoms with Gasteiger partial charge in [0.05, 0.1) is 18.1 Å². The predicted octanol–water partition coefficient (Wildman–Crippen LogP) is 4.12. The van der Waals surface area contributed by atoms with Gasteiger partial charge in [-0.3, -0.25) is 14.9 Å². The molecule has 1 aromatic heterocycles. The van der Waals surface area contributed by atoms with Crippen molar-refractivity contribution in [3.63, 3.8) is 0 Å². The fourth-order valence-electron chi connectivity index (χ4n) is 4.97. The third kappa shape index (κ3) is 4.75. The Morgan fingerprint density at radius 1 is 1.16 bits per heavy atom. The summed E-state index contributed by atoms with van der Waals surface area (Å²) in [4.78, 5) is 28.4. The molecule has 5 nitrogen and oxygen atoms in total. The molecule has 2 bridgehead atoms. The van der Waals surface area contributed by atoms with Crippen LogP contribution < -0.4 is 11.1 Å². The van der Waals surface area contributed by atoms with Crippen LogP contribution in [-0.4, -0.2) is 28.8 Å². The molecular formula is C25H31N3O2S. The fraction of sp³-hybridized carbons (Fsp3) is 0.440. The Hall–Kier alpha value is -2.44. The van der Waals surface area contributed by atoms with Crippen LogP contribution in [0.25, 0.3) is 0 Å². The van der Waals surface area contributed by atoms with E-state index in [1.165, 1.54) is 11.1 Å². The summed E-state index contributed by atoms with van der Waals surface area (Å²) in [7, 11) is 0. The van der Waals surface area contributed by atoms with Crippen molar-refractivity contribution in [2.24, 2.45) is 11.7 Å². The average molecular weight is 438 g/mol. The van der Waals surface area contributed by atoms with Gasteiger partial charge in [-0.05, 0) is 47.8 Å². The molecule has 0 radical (unpaired) electrons. The number of fused-ring (bicyclic) bond motifs is 5. The molecule has 2 amide bonds. The summed E-state index contributed by atoms with van der Waals surface area (Å²) < 4.78 is 0. The summed E-state index contributed by atoms with van der Waals surface area (Å²) in [6, 6.07) is 12.2. The normalized spacial score (nSPS) is 21.6. The zero-order valence-electron chi connectivity index (χ0n) is 18.2. The number of amides is 2. The van der Waals surface area contributed by atoms with Crippen LogP contribution in [0.2, 0.25) is 0 Å². The Morgan fingerprint density at radius 2 is 1.84 bits per heavy atom. The molecular weight excluding hydrogens is 406 g/mol. The molecule has 31 heavy (non-hydrogen) atoms. The van der Waals surface area contributed by atoms with E-state index in [1.54, 1.807) is 17.4 Å². The van der Waals surface area contributed by atoms with Crippen LogP contribution in [0, 0.1) is 5.92 Å². The molecule has 1 aromatic carbocycles. The van der Waals surface area contributed by atoms with Gasteiger partial charge in [0.15, 0.2) is 0 Å². The lowest BCUT2D eigenvalue weighted by Crippen LogP contribution is -2.47. The predicted molar refractivity (Wildman–Crippen MR) is 125 cm³/mol. The van der Waals surface area contributed by atoms with E-state index in [4.69, 9.17) is 5.73 Å². The van der Waals surface area contributed by atoms with Gasteiger partial charge in [-0.25, -0.2) is 0 Å². The number of primary amides is 1. The number of rotatable bonds is 9. The second-order valence-electron chi connectivity index (χ2n) is 8.98. The van der Waals surface area contributed by atoms with Gasteiger partial charge in [-0.15, -0.1) is 11.3 Å². The molecule has 0 spiro atoms. The van der Waals surface area contributed by atoms with Crippen LogP contribution in [0.1, 0.15) is 61.2 Å². The number of hydrogen-bond donors (Lipinski definition) is 2. The Kier molecular flexibility index (Phi) is 6.58. The van der Waals surface area contributed by atoms with E-state index >= 15 is 0 Å². The Morgan fingerprint density at radius 3 is 2.39 bits per heavy atom. The molecule has 0 saturated carbocycles. The molecule has 3 heterocycles. The van der Waals surface area contributed by atoms with Crippen molar-refractivity contribution >= 4 is 23.2 Å². The Bertz CT molecular complexity index is 922. The highest BCUT2D eigenvalue weighted by molar-refractivity contribution is 7.09. The van der Waals surface area contributed by atoms with Gasteiger partial charge in [0.25, 0.3) is 0 Å². The molecule has 2 aliphatic heterocycles. The summed E-state index contributed by atoms with van der Waals surface area (Å²) in [5.74, 6) is 0.0998. The number of hydrogen-bond acceptors (Lipinski definition) is 4. The van der Waals surface area contributed by atoms with E-state index in [0.717, 1.165) is 24.1 Å². The van der Waals surface area contributed by atoms with Crippen LogP contribution in [0.5, 0.6) is 0 Å². The molecule has 2 aliphatic rings. The molecule has 1 saturated heterocycles. The molecule has 6 heteroatoms. The third-order valence-corrected chi connectivity index (χ3v) is 7.19. The summed E-state index contributed by atoms with van der Waals surface area (Å²) in [6.07, 6.45) is 7.06. The maximum absolute atomic E-state index is 13.2. The average Bonchev–Trinajstić information content (AvgIpc) is 3.47. The van der Waals surface area contributed by atoms with E-state index < -0.39 is 6.04 Å². The van der Waals surface area contributed by atoms with Crippen LogP contribution >= 0.6 is 11.3 Å². The van der Waals surface area contributed by atoms with E-state index in [-0.39, 0.29) is 29.9 Å². The molecule has 164 valence electrons. The van der Waals surface area contributed by atoms with Gasteiger partial charge >= 0.3 is 0 Å². The highest BCUT2D eigenvalue weighted by Crippen LogP contribution is 2.52. The number of carbonyl (C=O) groups is 2. The number of nitrogens with two attached hydrogens (primary N) is 1. The van der Waals surface area contributed by atoms with Crippen molar-refractivity contribution in [3.05, 3.63) is 69.9 Å². The van der Waals surface area contributed by atoms with Crippen LogP contribution in [0.15, 0.2) is 53.9 Å². The van der Waals surface area contributed by atoms with Gasteiger partial charge in [-0.2, -0.15) is 0 Å². The van der Waals surface area contributed by atoms with E-state index in [2.05, 4.69) is 43.4 Å². The monoisotopic (exact) mass is 437 g/mol. The fourth-order valence-corrected chi connectivity index (χ4v) is 5.72. The first kappa shape index (κ1) is 21.8. The molecule has 4 rings (SSSR count). The summed E-state index contributed by atoms with van der Waals surface area (Å²) in [5, 5.41) is 5.40. The molecule has 4 atom stereocenters. The third-order valence-electron chi connectivity index (χ3n) is 6.29. The lowest BCUT2D eigenvalue weighted by atomic mass is 9.92. The summed E-state index contributed by atoms with van der Waals surface area (Å²) in [6.45, 7) is 4.28. The smallest absolute Gasteiger partial charge is 0.247 e. The van der Waals surface area contributed by atoms with Crippen LogP contribution in [0.4, 0.5) is 0 Å². The number of nitrogens with one attached hydrogen (secondary N) is 1. The van der Waals surface area contributed by atoms with Crippen LogP contribution in [0.3, 0.4) is 0 Å². The molecule has 0 aliphatic carbocycles. The van der Waals surface area contributed by atoms with Gasteiger partial charge in [-0.1, -0.05) is 50.3 Å². The number of nitrogens with zero attached hydrogens (tertiary/aromatic N) is 1. The minimum absolute atomic E-state index is 0.0492. The lowest BCUT2D eigenvalue weighted by molar-refractivity contribution is -0.128. The highest BCUT2D eigenvalue weighted by atomic mass is 32.1. The quantitative estimate of drug-likeness (QED) is 0.580. The van der Waals surface area contributed by atoms with E-state index in [1.807, 2.05) is 28.5 Å². The minimum Gasteiger partial charge on any atom is -0.368 e. The molecule has 1 fully saturated rings. The zero-order valence-corrected chi connectivity index (χ0v) is 19.0. The first-order chi connectivity index (χ1) is 14.9. The standard InChI is InChI=1S/C25H31N3O2S/c1-16(2)14-17(27-21(25(26)30)15-18-6-5-13-31-18)9-12-24(29)28-22-10-11-23(28)20-8-4-3-7-19(20)22/h3-9,12-13,16-17,21-23,27H,10-11,14-15H2,1-2H3,(H2,26,30)/b12-9+/t17-,21+,22-,23+/m1/s1. The van der Waals surface area contributed by atoms with Gasteiger partial charge < -0.3 is 10.6 Å². The maximum Gasteiger partial charge on any atom is 0.247 e. The minimum atomic E-state index is -0.464. The topological polar surface area (TPSA) is 75.4 Å². The summed E-state index contributed by atoms with van der Waals surface area (Å²) >= 11 is 1.62. The number of thiophene rings is 1. The molecule has 3 N–H and O–H groups in total. The Balaban J connectivity index is 1.46. The second kappa shape index (κ2) is 9.37. The van der Waals surface area contributed by atoms with Crippen molar-refractivity contribution in [1.29, 1.82) is 0 Å². The molecule has 0 unspecified atom stereocenters. The first-order valence-electron chi connectivity index (χ1n) is 11.1. The van der Waals surface area contributed by atoms with Crippen LogP contribution in [-0.2, 0) is 16.0 Å². The second-order valence-corrected chi connectivity index (χ2v) is 10.0. The van der Waals surface area contributed by atoms with Crippen molar-refractivity contribution in [2.45, 2.75) is 63.7 Å². The van der Waals surface area contributed by atoms with Crippen molar-refractivity contribution in [1.82, 2.24) is 10.2 Å². The summed E-state index contributed by atoms with van der Waals surface area (Å²) in [5.41, 5.74) is 8.27. The van der Waals surface area contributed by atoms with Gasteiger partial charge in [0, 0.05) is 23.4 Å². The maximum atomic E-state index is 13.2. The Labute approximate surface area is 188 Å².